The Kier molecular flexibility index (Phi) is 5.34. The summed E-state index contributed by atoms with van der Waals surface area (Å²) in [6.07, 6.45) is 2.77. The molecule has 1 aliphatic carbocycles. The molecule has 1 saturated heterocycles. The van der Waals surface area contributed by atoms with Gasteiger partial charge in [0.15, 0.2) is 0 Å². The van der Waals surface area contributed by atoms with Crippen LogP contribution in [0.25, 0.3) is 0 Å². The molecule has 0 spiro atoms. The molecule has 1 aromatic carbocycles. The lowest BCUT2D eigenvalue weighted by molar-refractivity contribution is -0.169. The number of fused-ring (bicyclic) bond motifs is 2. The number of hydrogen-bond acceptors (Lipinski definition) is 3. The van der Waals surface area contributed by atoms with Gasteiger partial charge in [-0.05, 0) is 55.7 Å². The van der Waals surface area contributed by atoms with Crippen LogP contribution in [0.1, 0.15) is 52.5 Å². The van der Waals surface area contributed by atoms with Crippen LogP contribution in [0.15, 0.2) is 24.3 Å². The first-order valence-corrected chi connectivity index (χ1v) is 9.96. The molecule has 28 heavy (non-hydrogen) atoms. The minimum Gasteiger partial charge on any atom is -0.352 e. The Balaban J connectivity index is 1.56. The minimum atomic E-state index is -0.597. The predicted octanol–water partition coefficient (Wildman–Crippen LogP) is 3.07. The van der Waals surface area contributed by atoms with Crippen LogP contribution in [0.4, 0.5) is 4.39 Å². The first-order chi connectivity index (χ1) is 13.1. The zero-order valence-corrected chi connectivity index (χ0v) is 17.0. The Morgan fingerprint density at radius 1 is 1.25 bits per heavy atom. The summed E-state index contributed by atoms with van der Waals surface area (Å²) >= 11 is 0. The number of imide groups is 1. The van der Waals surface area contributed by atoms with Crippen molar-refractivity contribution in [3.8, 4) is 0 Å². The number of nitrogens with zero attached hydrogens (tertiary/aromatic N) is 1. The lowest BCUT2D eigenvalue weighted by Crippen LogP contribution is -2.60. The highest BCUT2D eigenvalue weighted by Gasteiger charge is 2.64. The number of nitrogens with one attached hydrogen (secondary N) is 1. The maximum atomic E-state index is 13.0. The van der Waals surface area contributed by atoms with Gasteiger partial charge in [-0.25, -0.2) is 4.39 Å². The summed E-state index contributed by atoms with van der Waals surface area (Å²) in [6, 6.07) is 6.18. The largest absolute Gasteiger partial charge is 0.352 e. The number of halogens is 1. The van der Waals surface area contributed by atoms with Crippen molar-refractivity contribution in [3.05, 3.63) is 35.6 Å². The molecule has 152 valence electrons. The smallest absolute Gasteiger partial charge is 0.240 e. The normalized spacial score (nSPS) is 27.0. The van der Waals surface area contributed by atoms with Crippen LogP contribution in [0.2, 0.25) is 0 Å². The van der Waals surface area contributed by atoms with Crippen molar-refractivity contribution >= 4 is 17.7 Å². The van der Waals surface area contributed by atoms with E-state index in [4.69, 9.17) is 0 Å². The highest BCUT2D eigenvalue weighted by molar-refractivity contribution is 6.06. The van der Waals surface area contributed by atoms with Crippen molar-refractivity contribution in [1.82, 2.24) is 10.2 Å². The van der Waals surface area contributed by atoms with E-state index >= 15 is 0 Å². The number of piperidine rings is 1. The van der Waals surface area contributed by atoms with Crippen molar-refractivity contribution in [2.24, 2.45) is 16.7 Å². The maximum Gasteiger partial charge on any atom is 0.240 e. The Labute approximate surface area is 165 Å². The van der Waals surface area contributed by atoms with Gasteiger partial charge in [0.1, 0.15) is 12.4 Å². The van der Waals surface area contributed by atoms with Crippen molar-refractivity contribution in [1.29, 1.82) is 0 Å². The summed E-state index contributed by atoms with van der Waals surface area (Å²) in [5, 5.41) is 2.87. The second-order valence-corrected chi connectivity index (χ2v) is 9.01. The van der Waals surface area contributed by atoms with Gasteiger partial charge in [-0.3, -0.25) is 19.3 Å². The summed E-state index contributed by atoms with van der Waals surface area (Å²) in [7, 11) is 0. The van der Waals surface area contributed by atoms with Crippen LogP contribution in [0.5, 0.6) is 0 Å². The lowest BCUT2D eigenvalue weighted by atomic mass is 9.62. The van der Waals surface area contributed by atoms with E-state index in [2.05, 4.69) is 5.32 Å². The summed E-state index contributed by atoms with van der Waals surface area (Å²) in [5.74, 6) is -1.26. The van der Waals surface area contributed by atoms with E-state index in [0.717, 1.165) is 10.5 Å². The molecule has 3 atom stereocenters. The van der Waals surface area contributed by atoms with E-state index in [9.17, 15) is 18.8 Å². The van der Waals surface area contributed by atoms with Gasteiger partial charge in [-0.1, -0.05) is 32.9 Å². The van der Waals surface area contributed by atoms with E-state index in [1.54, 1.807) is 12.1 Å². The van der Waals surface area contributed by atoms with E-state index in [1.807, 2.05) is 27.7 Å². The van der Waals surface area contributed by atoms with E-state index in [0.29, 0.717) is 25.7 Å². The fourth-order valence-corrected chi connectivity index (χ4v) is 4.62. The molecule has 0 unspecified atom stereocenters. The zero-order valence-electron chi connectivity index (χ0n) is 17.0. The van der Waals surface area contributed by atoms with Gasteiger partial charge in [0.2, 0.25) is 17.7 Å². The van der Waals surface area contributed by atoms with Crippen LogP contribution in [0, 0.1) is 22.6 Å². The number of rotatable bonds is 6. The highest BCUT2D eigenvalue weighted by Crippen LogP contribution is 2.59. The zero-order chi connectivity index (χ0) is 20.7. The molecule has 5 nitrogen and oxygen atoms in total. The number of benzene rings is 1. The molecule has 0 radical (unpaired) electrons. The van der Waals surface area contributed by atoms with E-state index in [-0.39, 0.29) is 47.5 Å². The Morgan fingerprint density at radius 2 is 1.89 bits per heavy atom. The fourth-order valence-electron chi connectivity index (χ4n) is 4.62. The summed E-state index contributed by atoms with van der Waals surface area (Å²) < 4.78 is 13.0. The molecule has 0 aromatic heterocycles. The van der Waals surface area contributed by atoms with Crippen molar-refractivity contribution < 1.29 is 18.8 Å². The van der Waals surface area contributed by atoms with E-state index in [1.165, 1.54) is 12.1 Å². The number of amides is 3. The van der Waals surface area contributed by atoms with Crippen LogP contribution in [0.3, 0.4) is 0 Å². The standard InChI is InChI=1S/C22H29FN2O3/c1-14(5-6-15-7-9-16(23)10-8-15)24-18(26)13-25-19(27)17-11-12-22(4,20(25)28)21(17,2)3/h7-10,14,17H,5-6,11-13H2,1-4H3,(H,24,26)/t14-,17-,22+/m1/s1. The van der Waals surface area contributed by atoms with Gasteiger partial charge in [-0.15, -0.1) is 0 Å². The van der Waals surface area contributed by atoms with Crippen LogP contribution in [-0.2, 0) is 20.8 Å². The van der Waals surface area contributed by atoms with Gasteiger partial charge in [-0.2, -0.15) is 0 Å². The van der Waals surface area contributed by atoms with Crippen molar-refractivity contribution in [2.45, 2.75) is 59.4 Å². The Hall–Kier alpha value is -2.24. The van der Waals surface area contributed by atoms with Crippen molar-refractivity contribution in [2.75, 3.05) is 6.54 Å². The molecule has 1 aliphatic heterocycles. The predicted molar refractivity (Wildman–Crippen MR) is 104 cm³/mol. The molecule has 3 rings (SSSR count). The molecule has 1 heterocycles. The molecule has 2 aliphatic rings. The molecule has 2 fully saturated rings. The second kappa shape index (κ2) is 7.30. The molecule has 2 bridgehead atoms. The topological polar surface area (TPSA) is 66.5 Å². The molecule has 1 N–H and O–H groups in total. The second-order valence-electron chi connectivity index (χ2n) is 9.01. The Morgan fingerprint density at radius 3 is 2.54 bits per heavy atom. The quantitative estimate of drug-likeness (QED) is 0.762. The maximum absolute atomic E-state index is 13.0. The monoisotopic (exact) mass is 388 g/mol. The van der Waals surface area contributed by atoms with Gasteiger partial charge in [0.25, 0.3) is 0 Å². The van der Waals surface area contributed by atoms with Crippen LogP contribution < -0.4 is 5.32 Å². The average Bonchev–Trinajstić information content (AvgIpc) is 2.82. The molecule has 3 amide bonds. The summed E-state index contributed by atoms with van der Waals surface area (Å²) in [6.45, 7) is 7.54. The lowest BCUT2D eigenvalue weighted by Gasteiger charge is -2.47. The third-order valence-electron chi connectivity index (χ3n) is 7.00. The number of hydrogen-bond donors (Lipinski definition) is 1. The number of likely N-dealkylation sites (tertiary alicyclic amines) is 1. The number of carbonyl (C=O) groups is 3. The highest BCUT2D eigenvalue weighted by atomic mass is 19.1. The fraction of sp³-hybridized carbons (Fsp3) is 0.591. The number of aryl methyl sites for hydroxylation is 1. The molecular formula is C22H29FN2O3. The SMILES string of the molecule is C[C@H](CCc1ccc(F)cc1)NC(=O)CN1C(=O)[C@H]2CC[C@@](C)(C1=O)C2(C)C. The van der Waals surface area contributed by atoms with Gasteiger partial charge >= 0.3 is 0 Å². The van der Waals surface area contributed by atoms with Crippen LogP contribution >= 0.6 is 0 Å². The molecule has 1 aromatic rings. The number of carbonyl (C=O) groups excluding carboxylic acids is 3. The van der Waals surface area contributed by atoms with Crippen molar-refractivity contribution in [3.63, 3.8) is 0 Å². The van der Waals surface area contributed by atoms with Gasteiger partial charge < -0.3 is 5.32 Å². The minimum absolute atomic E-state index is 0.115. The van der Waals surface area contributed by atoms with Gasteiger partial charge in [0.05, 0.1) is 5.41 Å². The Bertz CT molecular complexity index is 789. The third kappa shape index (κ3) is 3.45. The summed E-state index contributed by atoms with van der Waals surface area (Å²) in [4.78, 5) is 39.4. The van der Waals surface area contributed by atoms with Gasteiger partial charge in [0, 0.05) is 12.0 Å². The first-order valence-electron chi connectivity index (χ1n) is 9.96. The first kappa shape index (κ1) is 20.5. The average molecular weight is 388 g/mol. The van der Waals surface area contributed by atoms with Crippen LogP contribution in [-0.4, -0.2) is 35.2 Å². The third-order valence-corrected chi connectivity index (χ3v) is 7.00. The molecule has 6 heteroatoms. The van der Waals surface area contributed by atoms with E-state index < -0.39 is 5.41 Å². The summed E-state index contributed by atoms with van der Waals surface area (Å²) in [5.41, 5.74) is 0.0204. The molecule has 1 saturated carbocycles. The molecular weight excluding hydrogens is 359 g/mol.